The van der Waals surface area contributed by atoms with Gasteiger partial charge in [-0.25, -0.2) is 0 Å². The Morgan fingerprint density at radius 3 is 2.27 bits per heavy atom. The second kappa shape index (κ2) is 6.92. The zero-order valence-corrected chi connectivity index (χ0v) is 15.7. The predicted molar refractivity (Wildman–Crippen MR) is 93.6 cm³/mol. The van der Waals surface area contributed by atoms with Crippen LogP contribution < -0.4 is 5.32 Å². The highest BCUT2D eigenvalue weighted by Crippen LogP contribution is 2.44. The molecule has 0 fully saturated rings. The largest absolute Gasteiger partial charge is 0.410 e. The van der Waals surface area contributed by atoms with Crippen LogP contribution in [-0.4, -0.2) is 31.8 Å². The molecule has 0 aliphatic rings. The third-order valence-corrected chi connectivity index (χ3v) is 4.49. The number of nitrogens with zero attached hydrogens (tertiary/aromatic N) is 5. The van der Waals surface area contributed by atoms with Crippen molar-refractivity contribution < 1.29 is 13.2 Å². The van der Waals surface area contributed by atoms with Gasteiger partial charge in [-0.1, -0.05) is 46.4 Å². The lowest BCUT2D eigenvalue weighted by Crippen LogP contribution is -2.33. The van der Waals surface area contributed by atoms with E-state index in [1.807, 2.05) is 0 Å². The number of aromatic nitrogens is 4. The summed E-state index contributed by atoms with van der Waals surface area (Å²) in [6, 6.07) is 0.712. The molecule has 0 amide bonds. The molecular formula is C14H7Cl4F3N5. The molecule has 1 unspecified atom stereocenters. The smallest absolute Gasteiger partial charge is 0.253 e. The highest BCUT2D eigenvalue weighted by atomic mass is 35.5. The van der Waals surface area contributed by atoms with Gasteiger partial charge < -0.3 is 0 Å². The monoisotopic (exact) mass is 442 g/mol. The van der Waals surface area contributed by atoms with Crippen LogP contribution in [0, 0.1) is 0 Å². The number of rotatable bonds is 3. The molecule has 3 rings (SSSR count). The van der Waals surface area contributed by atoms with Gasteiger partial charge >= 0.3 is 6.18 Å². The summed E-state index contributed by atoms with van der Waals surface area (Å²) in [7, 11) is 0. The quantitative estimate of drug-likeness (QED) is 0.495. The average molecular weight is 444 g/mol. The van der Waals surface area contributed by atoms with Crippen LogP contribution in [0.4, 0.5) is 19.0 Å². The summed E-state index contributed by atoms with van der Waals surface area (Å²) >= 11 is 24.5. The van der Waals surface area contributed by atoms with Gasteiger partial charge in [0.25, 0.3) is 5.78 Å². The van der Waals surface area contributed by atoms with E-state index in [0.29, 0.717) is 0 Å². The molecule has 0 N–H and O–H groups in total. The molecule has 1 radical (unpaired) electrons. The molecule has 137 valence electrons. The van der Waals surface area contributed by atoms with E-state index in [9.17, 15) is 13.2 Å². The van der Waals surface area contributed by atoms with E-state index in [1.165, 1.54) is 12.1 Å². The Morgan fingerprint density at radius 1 is 1.08 bits per heavy atom. The molecule has 0 spiro atoms. The summed E-state index contributed by atoms with van der Waals surface area (Å²) in [5.41, 5.74) is 0.133. The van der Waals surface area contributed by atoms with E-state index in [1.54, 1.807) is 0 Å². The number of benzene rings is 1. The Kier molecular flexibility index (Phi) is 5.13. The molecule has 2 heterocycles. The van der Waals surface area contributed by atoms with Crippen molar-refractivity contribution >= 4 is 58.0 Å². The first-order valence-corrected chi connectivity index (χ1v) is 8.42. The van der Waals surface area contributed by atoms with Gasteiger partial charge in [0.2, 0.25) is 0 Å². The minimum atomic E-state index is -4.58. The van der Waals surface area contributed by atoms with Gasteiger partial charge in [0, 0.05) is 10.6 Å². The van der Waals surface area contributed by atoms with Crippen molar-refractivity contribution in [1.82, 2.24) is 24.9 Å². The highest BCUT2D eigenvalue weighted by molar-refractivity contribution is 6.43. The first-order valence-electron chi connectivity index (χ1n) is 6.91. The Balaban J connectivity index is 2.32. The summed E-state index contributed by atoms with van der Waals surface area (Å²) in [5.74, 6) is -0.249. The molecule has 2 aromatic heterocycles. The van der Waals surface area contributed by atoms with Crippen LogP contribution in [0.3, 0.4) is 0 Å². The number of halogens is 7. The van der Waals surface area contributed by atoms with Gasteiger partial charge in [-0.05, 0) is 19.1 Å². The van der Waals surface area contributed by atoms with E-state index in [0.717, 1.165) is 17.8 Å². The predicted octanol–water partition coefficient (Wildman–Crippen LogP) is 5.59. The topological polar surface area (TPSA) is 57.2 Å². The minimum absolute atomic E-state index is 0.00701. The summed E-state index contributed by atoms with van der Waals surface area (Å²) < 4.78 is 40.2. The molecule has 0 saturated carbocycles. The van der Waals surface area contributed by atoms with Gasteiger partial charge in [-0.15, -0.1) is 0 Å². The lowest BCUT2D eigenvalue weighted by molar-refractivity contribution is -0.149. The van der Waals surface area contributed by atoms with Crippen LogP contribution in [0.25, 0.3) is 16.9 Å². The molecule has 1 atom stereocenters. The number of hydrogen-bond donors (Lipinski definition) is 0. The van der Waals surface area contributed by atoms with E-state index >= 15 is 0 Å². The van der Waals surface area contributed by atoms with Crippen molar-refractivity contribution in [1.29, 1.82) is 0 Å². The fraction of sp³-hybridized carbons (Fsp3) is 0.214. The third kappa shape index (κ3) is 3.51. The maximum Gasteiger partial charge on any atom is 0.410 e. The van der Waals surface area contributed by atoms with Gasteiger partial charge in [-0.3, -0.25) is 5.32 Å². The first kappa shape index (κ1) is 19.3. The molecule has 0 bridgehead atoms. The summed E-state index contributed by atoms with van der Waals surface area (Å²) in [6.45, 7) is 0.895. The Hall–Kier alpha value is -1.48. The highest BCUT2D eigenvalue weighted by Gasteiger charge is 2.39. The van der Waals surface area contributed by atoms with Crippen molar-refractivity contribution in [3.63, 3.8) is 0 Å². The van der Waals surface area contributed by atoms with E-state index in [4.69, 9.17) is 46.4 Å². The molecule has 0 aliphatic carbocycles. The molecule has 3 aromatic rings. The van der Waals surface area contributed by atoms with Gasteiger partial charge in [0.15, 0.2) is 5.82 Å². The van der Waals surface area contributed by atoms with Gasteiger partial charge in [0.05, 0.1) is 15.6 Å². The first-order chi connectivity index (χ1) is 12.1. The summed E-state index contributed by atoms with van der Waals surface area (Å²) in [4.78, 5) is 7.84. The lowest BCUT2D eigenvalue weighted by Gasteiger charge is -2.20. The number of alkyl halides is 3. The van der Waals surface area contributed by atoms with Crippen molar-refractivity contribution in [2.24, 2.45) is 0 Å². The molecule has 5 nitrogen and oxygen atoms in total. The Bertz CT molecular complexity index is 966. The number of hydrogen-bond acceptors (Lipinski definition) is 3. The SMILES string of the molecule is CC([N]c1c(-c2c(Cl)cc(Cl)cc2Cl)c(Cl)nc2ncnn12)C(F)(F)F. The van der Waals surface area contributed by atoms with E-state index in [2.05, 4.69) is 20.4 Å². The fourth-order valence-electron chi connectivity index (χ4n) is 2.17. The van der Waals surface area contributed by atoms with Gasteiger partial charge in [0.1, 0.15) is 17.5 Å². The molecule has 12 heteroatoms. The van der Waals surface area contributed by atoms with Gasteiger partial charge in [-0.2, -0.15) is 32.8 Å². The van der Waals surface area contributed by atoms with Crippen LogP contribution in [0.15, 0.2) is 18.5 Å². The second-order valence-corrected chi connectivity index (χ2v) is 6.77. The number of fused-ring (bicyclic) bond motifs is 1. The zero-order chi connectivity index (χ0) is 19.2. The van der Waals surface area contributed by atoms with E-state index < -0.39 is 12.2 Å². The lowest BCUT2D eigenvalue weighted by atomic mass is 10.1. The summed E-state index contributed by atoms with van der Waals surface area (Å²) in [6.07, 6.45) is -3.46. The molecule has 0 saturated heterocycles. The fourth-order valence-corrected chi connectivity index (χ4v) is 3.44. The molecular weight excluding hydrogens is 437 g/mol. The standard InChI is InChI=1S/C14H7Cl4F3N5/c1-5(14(19,20)21)24-12-10(9-7(16)2-6(15)3-8(9)17)11(18)25-13-22-4-23-26(12)13/h2-5H,1H3. The third-order valence-electron chi connectivity index (χ3n) is 3.40. The van der Waals surface area contributed by atoms with Crippen molar-refractivity contribution in [3.05, 3.63) is 38.7 Å². The van der Waals surface area contributed by atoms with Crippen molar-refractivity contribution in [2.75, 3.05) is 0 Å². The second-order valence-electron chi connectivity index (χ2n) is 5.16. The molecule has 26 heavy (non-hydrogen) atoms. The normalized spacial score (nSPS) is 13.2. The maximum absolute atomic E-state index is 13.0. The Morgan fingerprint density at radius 2 is 1.69 bits per heavy atom. The molecule has 0 aliphatic heterocycles. The maximum atomic E-state index is 13.0. The average Bonchev–Trinajstić information content (AvgIpc) is 2.95. The molecule has 1 aromatic carbocycles. The zero-order valence-electron chi connectivity index (χ0n) is 12.7. The van der Waals surface area contributed by atoms with Crippen molar-refractivity contribution in [2.45, 2.75) is 19.1 Å². The van der Waals surface area contributed by atoms with Crippen LogP contribution in [0.5, 0.6) is 0 Å². The minimum Gasteiger partial charge on any atom is -0.253 e. The summed E-state index contributed by atoms with van der Waals surface area (Å²) in [5, 5.41) is 7.82. The van der Waals surface area contributed by atoms with E-state index in [-0.39, 0.29) is 42.9 Å². The van der Waals surface area contributed by atoms with Crippen LogP contribution in [-0.2, 0) is 0 Å². The van der Waals surface area contributed by atoms with Crippen LogP contribution >= 0.6 is 46.4 Å². The van der Waals surface area contributed by atoms with Crippen molar-refractivity contribution in [3.8, 4) is 11.1 Å². The Labute approximate surface area is 165 Å². The van der Waals surface area contributed by atoms with Crippen LogP contribution in [0.2, 0.25) is 20.2 Å². The van der Waals surface area contributed by atoms with Crippen LogP contribution in [0.1, 0.15) is 6.92 Å².